The number of hydrogen-bond donors (Lipinski definition) is 1. The van der Waals surface area contributed by atoms with E-state index in [0.29, 0.717) is 19.3 Å². The monoisotopic (exact) mass is 251 g/mol. The van der Waals surface area contributed by atoms with Crippen LogP contribution in [-0.2, 0) is 9.53 Å². The zero-order valence-electron chi connectivity index (χ0n) is 9.64. The van der Waals surface area contributed by atoms with Crippen LogP contribution in [0.4, 0.5) is 13.2 Å². The predicted molar refractivity (Wildman–Crippen MR) is 54.0 cm³/mol. The average Bonchev–Trinajstić information content (AvgIpc) is 2.10. The molecule has 3 saturated carbocycles. The second-order valence-corrected chi connectivity index (χ2v) is 5.51. The Morgan fingerprint density at radius 1 is 1.41 bits per heavy atom. The summed E-state index contributed by atoms with van der Waals surface area (Å²) in [5.41, 5.74) is 5.26. The molecule has 0 amide bonds. The van der Waals surface area contributed by atoms with Crippen LogP contribution in [0, 0.1) is 10.8 Å². The summed E-state index contributed by atoms with van der Waals surface area (Å²) in [5.74, 6) is -0.464. The van der Waals surface area contributed by atoms with Crippen LogP contribution in [0.5, 0.6) is 0 Å². The number of rotatable bonds is 4. The summed E-state index contributed by atoms with van der Waals surface area (Å²) in [6.07, 6.45) is -2.78. The predicted octanol–water partition coefficient (Wildman–Crippen LogP) is 2.00. The first-order chi connectivity index (χ1) is 7.72. The molecule has 0 saturated heterocycles. The van der Waals surface area contributed by atoms with Gasteiger partial charge in [0.15, 0.2) is 0 Å². The van der Waals surface area contributed by atoms with Crippen LogP contribution in [-0.4, -0.2) is 25.3 Å². The molecule has 2 bridgehead atoms. The van der Waals surface area contributed by atoms with E-state index in [-0.39, 0.29) is 17.3 Å². The Labute approximate surface area is 97.5 Å². The fraction of sp³-hybridized carbons (Fsp3) is 0.909. The standard InChI is InChI=1S/C11H16F3NO2/c1-17-8(16)7(15)10-4-9(5-10,6-10)2-3-11(12,13)14/h7H,2-6,15H2,1H3. The van der Waals surface area contributed by atoms with Crippen molar-refractivity contribution in [2.24, 2.45) is 16.6 Å². The Morgan fingerprint density at radius 3 is 2.35 bits per heavy atom. The molecule has 3 nitrogen and oxygen atoms in total. The van der Waals surface area contributed by atoms with Crippen molar-refractivity contribution in [1.29, 1.82) is 0 Å². The van der Waals surface area contributed by atoms with Crippen LogP contribution in [0.15, 0.2) is 0 Å². The van der Waals surface area contributed by atoms with Crippen molar-refractivity contribution in [3.05, 3.63) is 0 Å². The van der Waals surface area contributed by atoms with Crippen LogP contribution in [0.2, 0.25) is 0 Å². The number of methoxy groups -OCH3 is 1. The number of alkyl halides is 3. The summed E-state index contributed by atoms with van der Waals surface area (Å²) < 4.78 is 40.9. The summed E-state index contributed by atoms with van der Waals surface area (Å²) in [4.78, 5) is 11.3. The molecule has 0 aliphatic heterocycles. The van der Waals surface area contributed by atoms with Crippen molar-refractivity contribution in [2.45, 2.75) is 44.3 Å². The molecular weight excluding hydrogens is 235 g/mol. The van der Waals surface area contributed by atoms with E-state index in [1.807, 2.05) is 0 Å². The van der Waals surface area contributed by atoms with Gasteiger partial charge in [-0.2, -0.15) is 13.2 Å². The molecule has 17 heavy (non-hydrogen) atoms. The second kappa shape index (κ2) is 3.60. The Kier molecular flexibility index (Phi) is 2.69. The highest BCUT2D eigenvalue weighted by atomic mass is 19.4. The van der Waals surface area contributed by atoms with Gasteiger partial charge in [-0.15, -0.1) is 0 Å². The van der Waals surface area contributed by atoms with Gasteiger partial charge >= 0.3 is 12.1 Å². The summed E-state index contributed by atoms with van der Waals surface area (Å²) in [5, 5.41) is 0. The van der Waals surface area contributed by atoms with Crippen molar-refractivity contribution >= 4 is 5.97 Å². The van der Waals surface area contributed by atoms with Gasteiger partial charge in [0.1, 0.15) is 6.04 Å². The molecule has 3 fully saturated rings. The summed E-state index contributed by atoms with van der Waals surface area (Å²) >= 11 is 0. The third-order valence-corrected chi connectivity index (χ3v) is 4.23. The Balaban J connectivity index is 1.82. The SMILES string of the molecule is COC(=O)C(N)C12CC(CCC(F)(F)F)(C1)C2. The van der Waals surface area contributed by atoms with Crippen LogP contribution >= 0.6 is 0 Å². The molecule has 3 rings (SSSR count). The van der Waals surface area contributed by atoms with Crippen LogP contribution in [0.25, 0.3) is 0 Å². The molecule has 1 unspecified atom stereocenters. The van der Waals surface area contributed by atoms with E-state index in [1.54, 1.807) is 0 Å². The zero-order valence-corrected chi connectivity index (χ0v) is 9.64. The van der Waals surface area contributed by atoms with Crippen molar-refractivity contribution in [2.75, 3.05) is 7.11 Å². The Morgan fingerprint density at radius 2 is 1.94 bits per heavy atom. The van der Waals surface area contributed by atoms with Crippen molar-refractivity contribution in [3.63, 3.8) is 0 Å². The number of ether oxygens (including phenoxy) is 1. The van der Waals surface area contributed by atoms with E-state index < -0.39 is 24.6 Å². The average molecular weight is 251 g/mol. The molecule has 98 valence electrons. The fourth-order valence-electron chi connectivity index (χ4n) is 3.46. The minimum Gasteiger partial charge on any atom is -0.468 e. The van der Waals surface area contributed by atoms with E-state index in [0.717, 1.165) is 0 Å². The smallest absolute Gasteiger partial charge is 0.389 e. The highest BCUT2D eigenvalue weighted by molar-refractivity contribution is 5.77. The molecule has 0 spiro atoms. The highest BCUT2D eigenvalue weighted by Gasteiger charge is 2.70. The zero-order chi connectivity index (χ0) is 12.9. The van der Waals surface area contributed by atoms with E-state index in [1.165, 1.54) is 7.11 Å². The lowest BCUT2D eigenvalue weighted by Crippen LogP contribution is -2.70. The lowest BCUT2D eigenvalue weighted by molar-refractivity contribution is -0.238. The van der Waals surface area contributed by atoms with Crippen molar-refractivity contribution in [3.8, 4) is 0 Å². The largest absolute Gasteiger partial charge is 0.468 e. The molecular formula is C11H16F3NO2. The first-order valence-corrected chi connectivity index (χ1v) is 5.62. The van der Waals surface area contributed by atoms with Gasteiger partial charge in [0, 0.05) is 6.42 Å². The number of carbonyl (C=O) groups is 1. The van der Waals surface area contributed by atoms with Gasteiger partial charge in [0.25, 0.3) is 0 Å². The summed E-state index contributed by atoms with van der Waals surface area (Å²) in [6.45, 7) is 0. The lowest BCUT2D eigenvalue weighted by atomic mass is 9.32. The molecule has 0 aromatic heterocycles. The van der Waals surface area contributed by atoms with E-state index >= 15 is 0 Å². The molecule has 2 N–H and O–H groups in total. The molecule has 1 atom stereocenters. The topological polar surface area (TPSA) is 52.3 Å². The number of nitrogens with two attached hydrogens (primary N) is 1. The minimum absolute atomic E-state index is 0.159. The molecule has 3 aliphatic carbocycles. The van der Waals surface area contributed by atoms with Crippen LogP contribution in [0.1, 0.15) is 32.1 Å². The van der Waals surface area contributed by atoms with Gasteiger partial charge in [0.05, 0.1) is 7.11 Å². The van der Waals surface area contributed by atoms with Gasteiger partial charge in [-0.25, -0.2) is 0 Å². The lowest BCUT2D eigenvalue weighted by Gasteiger charge is -2.72. The molecule has 3 aliphatic rings. The minimum atomic E-state index is -4.09. The van der Waals surface area contributed by atoms with Gasteiger partial charge in [0.2, 0.25) is 0 Å². The fourth-order valence-corrected chi connectivity index (χ4v) is 3.46. The Hall–Kier alpha value is -0.780. The maximum atomic E-state index is 12.1. The van der Waals surface area contributed by atoms with Crippen molar-refractivity contribution in [1.82, 2.24) is 0 Å². The molecule has 0 aromatic carbocycles. The normalized spacial score (nSPS) is 36.8. The van der Waals surface area contributed by atoms with Gasteiger partial charge in [-0.1, -0.05) is 0 Å². The summed E-state index contributed by atoms with van der Waals surface area (Å²) in [7, 11) is 1.27. The van der Waals surface area contributed by atoms with Crippen LogP contribution < -0.4 is 5.73 Å². The number of esters is 1. The maximum Gasteiger partial charge on any atom is 0.389 e. The Bertz CT molecular complexity index is 320. The summed E-state index contributed by atoms with van der Waals surface area (Å²) in [6, 6.07) is -0.680. The maximum absolute atomic E-state index is 12.1. The van der Waals surface area contributed by atoms with Gasteiger partial charge in [-0.3, -0.25) is 4.79 Å². The van der Waals surface area contributed by atoms with Gasteiger partial charge in [-0.05, 0) is 36.5 Å². The third kappa shape index (κ3) is 2.03. The van der Waals surface area contributed by atoms with Crippen molar-refractivity contribution < 1.29 is 22.7 Å². The highest BCUT2D eigenvalue weighted by Crippen LogP contribution is 2.76. The first-order valence-electron chi connectivity index (χ1n) is 5.62. The first kappa shape index (κ1) is 12.7. The van der Waals surface area contributed by atoms with E-state index in [4.69, 9.17) is 5.73 Å². The molecule has 0 heterocycles. The quantitative estimate of drug-likeness (QED) is 0.777. The number of hydrogen-bond acceptors (Lipinski definition) is 3. The van der Waals surface area contributed by atoms with E-state index in [9.17, 15) is 18.0 Å². The van der Waals surface area contributed by atoms with E-state index in [2.05, 4.69) is 4.74 Å². The molecule has 0 radical (unpaired) electrons. The molecule has 0 aromatic rings. The second-order valence-electron chi connectivity index (χ2n) is 5.51. The number of halogens is 3. The van der Waals surface area contributed by atoms with Gasteiger partial charge < -0.3 is 10.5 Å². The third-order valence-electron chi connectivity index (χ3n) is 4.23. The van der Waals surface area contributed by atoms with Crippen LogP contribution in [0.3, 0.4) is 0 Å². The number of carbonyl (C=O) groups excluding carboxylic acids is 1. The molecule has 6 heteroatoms.